The van der Waals surface area contributed by atoms with Gasteiger partial charge in [0.05, 0.1) is 6.42 Å². The summed E-state index contributed by atoms with van der Waals surface area (Å²) in [6.45, 7) is 3.89. The molecule has 0 aromatic heterocycles. The number of hydrogen-bond acceptors (Lipinski definition) is 2. The normalized spacial score (nSPS) is 12.6. The van der Waals surface area contributed by atoms with E-state index in [1.54, 1.807) is 36.4 Å². The zero-order valence-corrected chi connectivity index (χ0v) is 20.3. The molecule has 6 heteroatoms. The Morgan fingerprint density at radius 3 is 2.32 bits per heavy atom. The summed E-state index contributed by atoms with van der Waals surface area (Å²) in [5.41, 5.74) is 2.01. The molecule has 2 amide bonds. The lowest BCUT2D eigenvalue weighted by atomic mass is 10.0. The van der Waals surface area contributed by atoms with Gasteiger partial charge in [0.25, 0.3) is 0 Å². The molecule has 0 spiro atoms. The van der Waals surface area contributed by atoms with Gasteiger partial charge in [-0.05, 0) is 42.7 Å². The summed E-state index contributed by atoms with van der Waals surface area (Å²) >= 11 is 6.11. The van der Waals surface area contributed by atoms with Crippen LogP contribution in [0.2, 0.25) is 5.02 Å². The fourth-order valence-electron chi connectivity index (χ4n) is 3.73. The summed E-state index contributed by atoms with van der Waals surface area (Å²) in [6, 6.07) is 22.1. The first-order valence-electron chi connectivity index (χ1n) is 11.5. The second-order valence-electron chi connectivity index (χ2n) is 8.44. The van der Waals surface area contributed by atoms with E-state index in [9.17, 15) is 14.0 Å². The van der Waals surface area contributed by atoms with Gasteiger partial charge in [-0.1, -0.05) is 79.2 Å². The third-order valence-corrected chi connectivity index (χ3v) is 6.05. The maximum absolute atomic E-state index is 14.6. The maximum Gasteiger partial charge on any atom is 0.243 e. The van der Waals surface area contributed by atoms with Crippen molar-refractivity contribution >= 4 is 23.4 Å². The van der Waals surface area contributed by atoms with Crippen LogP contribution in [-0.4, -0.2) is 28.8 Å². The van der Waals surface area contributed by atoms with E-state index in [4.69, 9.17) is 11.6 Å². The predicted molar refractivity (Wildman–Crippen MR) is 134 cm³/mol. The van der Waals surface area contributed by atoms with E-state index in [0.29, 0.717) is 17.0 Å². The number of carbonyl (C=O) groups is 2. The Labute approximate surface area is 205 Å². The van der Waals surface area contributed by atoms with Crippen LogP contribution in [0.4, 0.5) is 4.39 Å². The molecule has 0 bridgehead atoms. The van der Waals surface area contributed by atoms with Crippen LogP contribution < -0.4 is 5.32 Å². The zero-order chi connectivity index (χ0) is 24.5. The second-order valence-corrected chi connectivity index (χ2v) is 8.88. The average molecular weight is 481 g/mol. The molecule has 0 saturated carbocycles. The van der Waals surface area contributed by atoms with E-state index in [1.807, 2.05) is 50.2 Å². The van der Waals surface area contributed by atoms with Crippen LogP contribution in [-0.2, 0) is 29.0 Å². The van der Waals surface area contributed by atoms with Gasteiger partial charge < -0.3 is 10.2 Å². The van der Waals surface area contributed by atoms with Gasteiger partial charge in [-0.2, -0.15) is 0 Å². The van der Waals surface area contributed by atoms with Crippen molar-refractivity contribution in [1.29, 1.82) is 0 Å². The van der Waals surface area contributed by atoms with Gasteiger partial charge >= 0.3 is 0 Å². The fourth-order valence-corrected chi connectivity index (χ4v) is 3.94. The Bertz CT molecular complexity index is 1110. The number of amides is 2. The van der Waals surface area contributed by atoms with Crippen molar-refractivity contribution in [2.24, 2.45) is 0 Å². The van der Waals surface area contributed by atoms with Crippen LogP contribution in [0.25, 0.3) is 0 Å². The van der Waals surface area contributed by atoms with Crippen molar-refractivity contribution in [3.8, 4) is 0 Å². The molecular weight excluding hydrogens is 451 g/mol. The lowest BCUT2D eigenvalue weighted by Gasteiger charge is -2.32. The summed E-state index contributed by atoms with van der Waals surface area (Å²) in [5.74, 6) is -0.941. The van der Waals surface area contributed by atoms with Crippen LogP contribution in [0.5, 0.6) is 0 Å². The highest BCUT2D eigenvalue weighted by Gasteiger charge is 2.31. The van der Waals surface area contributed by atoms with Crippen LogP contribution in [0, 0.1) is 5.82 Å². The minimum absolute atomic E-state index is 0.0164. The van der Waals surface area contributed by atoms with Crippen molar-refractivity contribution in [3.05, 3.63) is 106 Å². The smallest absolute Gasteiger partial charge is 0.243 e. The van der Waals surface area contributed by atoms with Gasteiger partial charge in [0, 0.05) is 29.6 Å². The van der Waals surface area contributed by atoms with E-state index >= 15 is 0 Å². The molecule has 0 radical (unpaired) electrons. The van der Waals surface area contributed by atoms with E-state index in [0.717, 1.165) is 17.5 Å². The third kappa shape index (κ3) is 7.16. The van der Waals surface area contributed by atoms with Gasteiger partial charge in [0.2, 0.25) is 11.8 Å². The topological polar surface area (TPSA) is 49.4 Å². The molecule has 3 aromatic rings. The van der Waals surface area contributed by atoms with Gasteiger partial charge in [0.1, 0.15) is 11.9 Å². The van der Waals surface area contributed by atoms with Crippen LogP contribution in [0.15, 0.2) is 78.9 Å². The SMILES string of the molecule is CC[C@H](C)NC(=O)[C@@H](Cc1ccccc1)N(Cc1ccccc1F)C(=O)Cc1cccc(Cl)c1. The van der Waals surface area contributed by atoms with Crippen molar-refractivity contribution in [3.63, 3.8) is 0 Å². The molecule has 4 nitrogen and oxygen atoms in total. The van der Waals surface area contributed by atoms with Gasteiger partial charge in [-0.25, -0.2) is 4.39 Å². The molecule has 0 fully saturated rings. The third-order valence-electron chi connectivity index (χ3n) is 5.82. The highest BCUT2D eigenvalue weighted by Crippen LogP contribution is 2.19. The minimum atomic E-state index is -0.803. The van der Waals surface area contributed by atoms with Crippen LogP contribution >= 0.6 is 11.6 Å². The lowest BCUT2D eigenvalue weighted by molar-refractivity contribution is -0.141. The number of nitrogens with zero attached hydrogens (tertiary/aromatic N) is 1. The molecule has 0 aliphatic carbocycles. The van der Waals surface area contributed by atoms with Crippen molar-refractivity contribution in [2.75, 3.05) is 0 Å². The average Bonchev–Trinajstić information content (AvgIpc) is 2.82. The Kier molecular flexibility index (Phi) is 9.23. The van der Waals surface area contributed by atoms with Crippen molar-refractivity contribution in [2.45, 2.75) is 51.7 Å². The Morgan fingerprint density at radius 2 is 1.65 bits per heavy atom. The molecular formula is C28H30ClFN2O2. The number of carbonyl (C=O) groups excluding carboxylic acids is 2. The Hall–Kier alpha value is -3.18. The molecule has 0 unspecified atom stereocenters. The molecule has 1 N–H and O–H groups in total. The van der Waals surface area contributed by atoms with Gasteiger partial charge in [-0.15, -0.1) is 0 Å². The molecule has 0 aliphatic rings. The molecule has 3 rings (SSSR count). The fraction of sp³-hybridized carbons (Fsp3) is 0.286. The highest BCUT2D eigenvalue weighted by molar-refractivity contribution is 6.30. The lowest BCUT2D eigenvalue weighted by Crippen LogP contribution is -2.52. The van der Waals surface area contributed by atoms with Crippen molar-refractivity contribution in [1.82, 2.24) is 10.2 Å². The number of halogens is 2. The van der Waals surface area contributed by atoms with E-state index in [1.165, 1.54) is 11.0 Å². The molecule has 0 heterocycles. The number of rotatable bonds is 10. The largest absolute Gasteiger partial charge is 0.352 e. The molecule has 0 saturated heterocycles. The monoisotopic (exact) mass is 480 g/mol. The zero-order valence-electron chi connectivity index (χ0n) is 19.5. The van der Waals surface area contributed by atoms with E-state index in [-0.39, 0.29) is 30.8 Å². The number of benzene rings is 3. The quantitative estimate of drug-likeness (QED) is 0.412. The molecule has 0 aliphatic heterocycles. The first-order chi connectivity index (χ1) is 16.4. The second kappa shape index (κ2) is 12.3. The van der Waals surface area contributed by atoms with E-state index in [2.05, 4.69) is 5.32 Å². The first kappa shape index (κ1) is 25.4. The predicted octanol–water partition coefficient (Wildman–Crippen LogP) is 5.58. The standard InChI is InChI=1S/C28H30ClFN2O2/c1-3-20(2)31-28(34)26(17-21-10-5-4-6-11-21)32(19-23-13-7-8-15-25(23)30)27(33)18-22-12-9-14-24(29)16-22/h4-16,20,26H,3,17-19H2,1-2H3,(H,31,34)/t20-,26+/m0/s1. The summed E-state index contributed by atoms with van der Waals surface area (Å²) in [5, 5.41) is 3.54. The Morgan fingerprint density at radius 1 is 0.971 bits per heavy atom. The van der Waals surface area contributed by atoms with Crippen LogP contribution in [0.3, 0.4) is 0 Å². The minimum Gasteiger partial charge on any atom is -0.352 e. The highest BCUT2D eigenvalue weighted by atomic mass is 35.5. The summed E-state index contributed by atoms with van der Waals surface area (Å²) < 4.78 is 14.6. The summed E-state index contributed by atoms with van der Waals surface area (Å²) in [6.07, 6.45) is 1.13. The summed E-state index contributed by atoms with van der Waals surface area (Å²) in [4.78, 5) is 28.5. The maximum atomic E-state index is 14.6. The van der Waals surface area contributed by atoms with Gasteiger partial charge in [-0.3, -0.25) is 9.59 Å². The Balaban J connectivity index is 1.98. The molecule has 34 heavy (non-hydrogen) atoms. The molecule has 3 aromatic carbocycles. The molecule has 2 atom stereocenters. The number of nitrogens with one attached hydrogen (secondary N) is 1. The van der Waals surface area contributed by atoms with Gasteiger partial charge in [0.15, 0.2) is 0 Å². The summed E-state index contributed by atoms with van der Waals surface area (Å²) in [7, 11) is 0. The van der Waals surface area contributed by atoms with Crippen molar-refractivity contribution < 1.29 is 14.0 Å². The first-order valence-corrected chi connectivity index (χ1v) is 11.9. The molecule has 178 valence electrons. The van der Waals surface area contributed by atoms with Crippen LogP contribution in [0.1, 0.15) is 37.0 Å². The van der Waals surface area contributed by atoms with E-state index < -0.39 is 11.9 Å². The number of hydrogen-bond donors (Lipinski definition) is 1.